The average molecular weight is 1370 g/mol. The maximum atomic E-state index is 14.8. The first-order valence-electron chi connectivity index (χ1n) is 37.8. The van der Waals surface area contributed by atoms with Gasteiger partial charge < -0.3 is 34.6 Å². The van der Waals surface area contributed by atoms with E-state index in [0.29, 0.717) is 120 Å². The van der Waals surface area contributed by atoms with Crippen LogP contribution in [0.4, 0.5) is 0 Å². The molecule has 10 heteroatoms. The van der Waals surface area contributed by atoms with E-state index < -0.39 is 5.97 Å². The molecule has 4 N–H and O–H groups in total. The fourth-order valence-corrected chi connectivity index (χ4v) is 27.4. The van der Waals surface area contributed by atoms with Gasteiger partial charge in [0.05, 0.1) is 30.0 Å². The fourth-order valence-electron chi connectivity index (χ4n) is 27.4. The standard InChI is InChI=1S/C76H124O10.C2H6.9CH4/c1-43(13-22-64(80)81)52-17-20-56-68-59(29-35-75(52,56)11)73(9)33-27-51(84-65(82)23-14-44(2)53-16-19-55-67-58(28-34-74(53,55)10)71(7)31-25-49(77)37-46(71)40-61(67)79)39-48(73)41-62(68)85-66(83)24-15-45(3)54-18-21-57-69-60(30-36-76(54,57)12)72(8)32-26-50(78)38-47(72)42-63(69)86-70(4,5)6;1-2;;;;;;;;;/h43-63,67-69,77-79H,13-42H2,1-12H3,(H,80,81);1-2H3;9*1H4/t43-,44-,45?,46+,47+,48+,49-,50-,51?,52-,53-,54?,55+,56+,57+,58+,59+,60+,61+,62+,63+,67+,68+,69+,71+,72+,73+,74-,75-,76-;;;;;;;;;;/m1........../s1. The summed E-state index contributed by atoms with van der Waals surface area (Å²) >= 11 is 0. The van der Waals surface area contributed by atoms with Gasteiger partial charge in [-0.1, -0.05) is 143 Å². The molecule has 0 heterocycles. The number of rotatable bonds is 15. The lowest BCUT2D eigenvalue weighted by Gasteiger charge is -2.63. The van der Waals surface area contributed by atoms with Gasteiger partial charge in [-0.25, -0.2) is 0 Å². The normalized spacial score (nSPS) is 45.6. The summed E-state index contributed by atoms with van der Waals surface area (Å²) in [5.41, 5.74) is 0.786. The largest absolute Gasteiger partial charge is 0.481 e. The molecule has 3 unspecified atom stereocenters. The molecule has 0 aromatic rings. The molecule has 12 rings (SSSR count). The lowest BCUT2D eigenvalue weighted by Crippen LogP contribution is -2.60. The molecule has 12 fully saturated rings. The van der Waals surface area contributed by atoms with Crippen LogP contribution in [0.15, 0.2) is 0 Å². The minimum Gasteiger partial charge on any atom is -0.481 e. The molecule has 0 spiro atoms. The summed E-state index contributed by atoms with van der Waals surface area (Å²) in [6, 6.07) is 0. The van der Waals surface area contributed by atoms with Gasteiger partial charge in [0, 0.05) is 25.2 Å². The summed E-state index contributed by atoms with van der Waals surface area (Å²) < 4.78 is 20.8. The van der Waals surface area contributed by atoms with E-state index in [2.05, 4.69) is 83.1 Å². The Hall–Kier alpha value is -1.75. The van der Waals surface area contributed by atoms with Crippen molar-refractivity contribution in [2.75, 3.05) is 0 Å². The number of carbonyl (C=O) groups is 3. The van der Waals surface area contributed by atoms with Crippen molar-refractivity contribution in [3.63, 3.8) is 0 Å². The second-order valence-corrected chi connectivity index (χ2v) is 36.4. The SMILES string of the molecule is C.C.C.C.C.C.C.C.C.CC.CC(CCC(=O)O[C@H]1C[C@@H]2CC(OC(=O)CC[C@@H](C)[C@H]3CC[C@H]4[C@@H]5[C@@H](O)C[C@@H]6C[C@H](O)CC[C@]6(C)[C@H]5CC[C@]34C)CC[C@]2(C)[C@H]2CC[C@]3(C)[C@@H]([C@H](C)CCC(=O)O)CC[C@H]3[C@H]12)C1CC[C@H]2[C@@H]3[C@@H](OC(C)(C)C)C[C@@H]4C[C@H](O)CC[C@]4(C)[C@H]3CC[C@]12C. The molecule has 0 aliphatic heterocycles. The number of carbonyl (C=O) groups excluding carboxylic acids is 2. The molecule has 97 heavy (non-hydrogen) atoms. The predicted molar refractivity (Wildman–Crippen MR) is 409 cm³/mol. The molecule has 30 atom stereocenters. The zero-order valence-corrected chi connectivity index (χ0v) is 58.3. The first-order valence-corrected chi connectivity index (χ1v) is 37.8. The monoisotopic (exact) mass is 1370 g/mol. The van der Waals surface area contributed by atoms with Crippen molar-refractivity contribution in [2.45, 2.75) is 399 Å². The molecule has 0 aromatic carbocycles. The summed E-state index contributed by atoms with van der Waals surface area (Å²) in [6.45, 7) is 33.1. The van der Waals surface area contributed by atoms with Crippen molar-refractivity contribution >= 4 is 17.9 Å². The maximum absolute atomic E-state index is 14.8. The van der Waals surface area contributed by atoms with Crippen molar-refractivity contribution in [1.82, 2.24) is 0 Å². The Morgan fingerprint density at radius 1 is 0.402 bits per heavy atom. The predicted octanol–water partition coefficient (Wildman–Crippen LogP) is 23.0. The number of carboxylic acid groups (broad SMARTS) is 1. The van der Waals surface area contributed by atoms with E-state index in [1.807, 2.05) is 13.8 Å². The number of esters is 2. The Morgan fingerprint density at radius 2 is 0.732 bits per heavy atom. The Bertz CT molecular complexity index is 2460. The summed E-state index contributed by atoms with van der Waals surface area (Å²) in [4.78, 5) is 40.8. The van der Waals surface area contributed by atoms with Crippen molar-refractivity contribution < 1.29 is 49.0 Å². The van der Waals surface area contributed by atoms with Gasteiger partial charge in [0.25, 0.3) is 0 Å². The van der Waals surface area contributed by atoms with Crippen LogP contribution in [0.1, 0.15) is 356 Å². The maximum Gasteiger partial charge on any atom is 0.306 e. The van der Waals surface area contributed by atoms with Gasteiger partial charge in [0.1, 0.15) is 12.2 Å². The minimum absolute atomic E-state index is 0. The zero-order chi connectivity index (χ0) is 63.4. The van der Waals surface area contributed by atoms with Gasteiger partial charge in [-0.3, -0.25) is 14.4 Å². The second kappa shape index (κ2) is 34.4. The van der Waals surface area contributed by atoms with Gasteiger partial charge in [0.15, 0.2) is 0 Å². The van der Waals surface area contributed by atoms with Crippen LogP contribution in [0, 0.1) is 139 Å². The third kappa shape index (κ3) is 16.4. The number of fused-ring (bicyclic) bond motifs is 15. The Labute approximate surface area is 601 Å². The van der Waals surface area contributed by atoms with E-state index in [1.54, 1.807) is 0 Å². The summed E-state index contributed by atoms with van der Waals surface area (Å²) in [5.74, 6) is 7.42. The fraction of sp³-hybridized carbons (Fsp3) is 0.966. The highest BCUT2D eigenvalue weighted by Crippen LogP contribution is 2.73. The third-order valence-corrected chi connectivity index (χ3v) is 31.7. The molecule has 0 radical (unpaired) electrons. The number of ether oxygens (including phenoxy) is 3. The molecule has 0 amide bonds. The van der Waals surface area contributed by atoms with E-state index in [1.165, 1.54) is 51.4 Å². The second-order valence-electron chi connectivity index (χ2n) is 36.4. The highest BCUT2D eigenvalue weighted by molar-refractivity contribution is 5.70. The molecule has 10 nitrogen and oxygen atoms in total. The van der Waals surface area contributed by atoms with Crippen LogP contribution in [0.2, 0.25) is 0 Å². The van der Waals surface area contributed by atoms with Crippen LogP contribution in [0.25, 0.3) is 0 Å². The Morgan fingerprint density at radius 3 is 1.15 bits per heavy atom. The van der Waals surface area contributed by atoms with Crippen molar-refractivity contribution in [3.05, 3.63) is 0 Å². The van der Waals surface area contributed by atoms with Crippen molar-refractivity contribution in [1.29, 1.82) is 0 Å². The summed E-state index contributed by atoms with van der Waals surface area (Å²) in [6.07, 6.45) is 28.2. The lowest BCUT2D eigenvalue weighted by atomic mass is 9.43. The Kier molecular flexibility index (Phi) is 32.4. The molecule has 12 saturated carbocycles. The first kappa shape index (κ1) is 91.3. The smallest absolute Gasteiger partial charge is 0.306 e. The molecule has 12 aliphatic rings. The number of aliphatic carboxylic acids is 1. The molecule has 12 aliphatic carbocycles. The average Bonchev–Trinajstić information content (AvgIpc) is 1.71. The molecule has 0 bridgehead atoms. The van der Waals surface area contributed by atoms with Crippen LogP contribution in [-0.4, -0.2) is 80.6 Å². The van der Waals surface area contributed by atoms with Crippen molar-refractivity contribution in [2.24, 2.45) is 139 Å². The van der Waals surface area contributed by atoms with Gasteiger partial charge in [0.2, 0.25) is 0 Å². The van der Waals surface area contributed by atoms with Crippen LogP contribution >= 0.6 is 0 Å². The number of hydrogen-bond acceptors (Lipinski definition) is 9. The number of aliphatic hydroxyl groups is 3. The van der Waals surface area contributed by atoms with Crippen molar-refractivity contribution in [3.8, 4) is 0 Å². The summed E-state index contributed by atoms with van der Waals surface area (Å²) in [5, 5.41) is 43.1. The van der Waals surface area contributed by atoms with Gasteiger partial charge in [-0.2, -0.15) is 0 Å². The summed E-state index contributed by atoms with van der Waals surface area (Å²) in [7, 11) is 0. The molecular formula is C87H166O10. The Balaban J connectivity index is 0.00000288. The van der Waals surface area contributed by atoms with Gasteiger partial charge >= 0.3 is 17.9 Å². The van der Waals surface area contributed by atoms with Gasteiger partial charge in [-0.15, -0.1) is 0 Å². The highest BCUT2D eigenvalue weighted by Gasteiger charge is 2.67. The number of hydrogen-bond donors (Lipinski definition) is 4. The molecular weight excluding hydrogens is 1200 g/mol. The lowest BCUT2D eigenvalue weighted by molar-refractivity contribution is -0.212. The van der Waals surface area contributed by atoms with E-state index in [-0.39, 0.29) is 166 Å². The topological polar surface area (TPSA) is 160 Å². The molecule has 574 valence electrons. The minimum atomic E-state index is -0.707. The number of aliphatic hydroxyl groups excluding tert-OH is 3. The van der Waals surface area contributed by atoms with E-state index >= 15 is 0 Å². The number of carboxylic acids is 1. The molecule has 0 aromatic heterocycles. The highest BCUT2D eigenvalue weighted by atomic mass is 16.5. The van der Waals surface area contributed by atoms with Crippen LogP contribution in [-0.2, 0) is 28.6 Å². The van der Waals surface area contributed by atoms with Crippen LogP contribution in [0.5, 0.6) is 0 Å². The van der Waals surface area contributed by atoms with Crippen LogP contribution < -0.4 is 0 Å². The van der Waals surface area contributed by atoms with E-state index in [0.717, 1.165) is 116 Å². The van der Waals surface area contributed by atoms with E-state index in [9.17, 15) is 34.8 Å². The molecule has 0 saturated heterocycles. The van der Waals surface area contributed by atoms with Crippen LogP contribution in [0.3, 0.4) is 0 Å². The quantitative estimate of drug-likeness (QED) is 0.116. The van der Waals surface area contributed by atoms with Gasteiger partial charge in [-0.05, 0) is 327 Å². The first-order chi connectivity index (χ1) is 41.5. The third-order valence-electron chi connectivity index (χ3n) is 31.7. The van der Waals surface area contributed by atoms with E-state index in [4.69, 9.17) is 14.2 Å². The zero-order valence-electron chi connectivity index (χ0n) is 58.3.